The fraction of sp³-hybridized carbons (Fsp3) is 0.200. The summed E-state index contributed by atoms with van der Waals surface area (Å²) in [7, 11) is 0. The Labute approximate surface area is 74.0 Å². The third kappa shape index (κ3) is 1.92. The van der Waals surface area contributed by atoms with Gasteiger partial charge in [-0.3, -0.25) is 0 Å². The number of aliphatic hydroxyl groups excluding tert-OH is 1. The van der Waals surface area contributed by atoms with Crippen LogP contribution in [0.2, 0.25) is 0 Å². The van der Waals surface area contributed by atoms with Crippen LogP contribution in [-0.2, 0) is 0 Å². The summed E-state index contributed by atoms with van der Waals surface area (Å²) in [6, 6.07) is 8.38. The summed E-state index contributed by atoms with van der Waals surface area (Å²) in [5.41, 5.74) is 0.391. The summed E-state index contributed by atoms with van der Waals surface area (Å²) in [5, 5.41) is 8.64. The summed E-state index contributed by atoms with van der Waals surface area (Å²) in [6.07, 6.45) is -1.66. The zero-order valence-electron chi connectivity index (χ0n) is 8.50. The number of benzene rings is 1. The molecule has 0 radical (unpaired) electrons. The van der Waals surface area contributed by atoms with Crippen molar-refractivity contribution in [2.24, 2.45) is 0 Å². The molecule has 1 N–H and O–H groups in total. The third-order valence-corrected chi connectivity index (χ3v) is 1.56. The molecule has 0 heterocycles. The monoisotopic (exact) mass is 168 g/mol. The third-order valence-electron chi connectivity index (χ3n) is 1.56. The molecule has 0 unspecified atom stereocenters. The van der Waals surface area contributed by atoms with Gasteiger partial charge in [-0.15, -0.1) is 0 Å². The second-order valence-corrected chi connectivity index (χ2v) is 2.43. The minimum absolute atomic E-state index is 0.0758. The van der Waals surface area contributed by atoms with Crippen LogP contribution in [0.3, 0.4) is 0 Å². The molecule has 0 fully saturated rings. The number of hydrogen-bond donors (Lipinski definition) is 1. The molecule has 1 atom stereocenters. The zero-order chi connectivity index (χ0) is 10.6. The Morgan fingerprint density at radius 1 is 1.58 bits per heavy atom. The predicted molar refractivity (Wildman–Crippen MR) is 47.5 cm³/mol. The Morgan fingerprint density at radius 3 is 2.75 bits per heavy atom. The molecule has 2 heteroatoms. The summed E-state index contributed by atoms with van der Waals surface area (Å²) in [4.78, 5) is 0. The lowest BCUT2D eigenvalue weighted by Gasteiger charge is -2.07. The topological polar surface area (TPSA) is 20.2 Å². The Hall–Kier alpha value is -1.15. The van der Waals surface area contributed by atoms with Gasteiger partial charge in [-0.1, -0.05) is 36.9 Å². The van der Waals surface area contributed by atoms with Crippen molar-refractivity contribution in [2.45, 2.75) is 6.17 Å². The maximum atomic E-state index is 13.2. The molecule has 12 heavy (non-hydrogen) atoms. The molecule has 0 saturated heterocycles. The maximum absolute atomic E-state index is 13.2. The Morgan fingerprint density at radius 2 is 2.25 bits per heavy atom. The number of alkyl halides is 1. The minimum atomic E-state index is -1.66. The van der Waals surface area contributed by atoms with E-state index in [9.17, 15) is 4.39 Å². The lowest BCUT2D eigenvalue weighted by Crippen LogP contribution is -2.07. The van der Waals surface area contributed by atoms with E-state index in [1.165, 1.54) is 0 Å². The number of halogens is 1. The van der Waals surface area contributed by atoms with E-state index >= 15 is 0 Å². The van der Waals surface area contributed by atoms with Crippen LogP contribution in [-0.4, -0.2) is 17.9 Å². The molecule has 1 rings (SSSR count). The molecule has 1 aromatic rings. The molecular formula is C10H11FO. The van der Waals surface area contributed by atoms with Crippen LogP contribution in [0.5, 0.6) is 0 Å². The van der Waals surface area contributed by atoms with Gasteiger partial charge in [0.15, 0.2) is 0 Å². The van der Waals surface area contributed by atoms with E-state index in [1.807, 2.05) is 0 Å². The molecule has 1 nitrogen and oxygen atoms in total. The quantitative estimate of drug-likeness (QED) is 0.732. The van der Waals surface area contributed by atoms with Crippen molar-refractivity contribution in [1.29, 1.82) is 0 Å². The normalized spacial score (nSPS) is 14.5. The lowest BCUT2D eigenvalue weighted by molar-refractivity contribution is 0.215. The van der Waals surface area contributed by atoms with Crippen LogP contribution in [0.4, 0.5) is 4.39 Å². The first kappa shape index (κ1) is 6.38. The SMILES string of the molecule is [2H]C([2H])=C(c1ccccc1)[C@H](F)CO. The molecule has 0 aliphatic heterocycles. The van der Waals surface area contributed by atoms with E-state index < -0.39 is 19.3 Å². The van der Waals surface area contributed by atoms with Crippen molar-refractivity contribution < 1.29 is 12.2 Å². The van der Waals surface area contributed by atoms with Gasteiger partial charge in [-0.2, -0.15) is 0 Å². The van der Waals surface area contributed by atoms with Gasteiger partial charge in [0.2, 0.25) is 0 Å². The highest BCUT2D eigenvalue weighted by molar-refractivity contribution is 5.66. The lowest BCUT2D eigenvalue weighted by atomic mass is 10.0. The zero-order valence-corrected chi connectivity index (χ0v) is 6.50. The van der Waals surface area contributed by atoms with Gasteiger partial charge in [0.1, 0.15) is 6.17 Å². The summed E-state index contributed by atoms with van der Waals surface area (Å²) in [6.45, 7) is -1.30. The molecule has 1 aromatic carbocycles. The van der Waals surface area contributed by atoms with Crippen molar-refractivity contribution >= 4 is 5.57 Å². The van der Waals surface area contributed by atoms with E-state index in [2.05, 4.69) is 0 Å². The van der Waals surface area contributed by atoms with E-state index in [0.717, 1.165) is 0 Å². The number of aliphatic hydroxyl groups is 1. The van der Waals surface area contributed by atoms with Crippen molar-refractivity contribution in [3.05, 3.63) is 42.4 Å². The van der Waals surface area contributed by atoms with Crippen molar-refractivity contribution in [3.8, 4) is 0 Å². The summed E-state index contributed by atoms with van der Waals surface area (Å²) in [5.74, 6) is 0. The van der Waals surface area contributed by atoms with E-state index in [0.29, 0.717) is 5.56 Å². The van der Waals surface area contributed by atoms with Gasteiger partial charge in [0.05, 0.1) is 9.35 Å². The van der Waals surface area contributed by atoms with Crippen LogP contribution in [0.1, 0.15) is 8.30 Å². The van der Waals surface area contributed by atoms with Crippen LogP contribution in [0.15, 0.2) is 36.9 Å². The molecular weight excluding hydrogens is 155 g/mol. The minimum Gasteiger partial charge on any atom is -0.393 e. The molecule has 0 amide bonds. The van der Waals surface area contributed by atoms with Gasteiger partial charge in [-0.25, -0.2) is 4.39 Å². The Bertz CT molecular complexity index is 320. The largest absolute Gasteiger partial charge is 0.393 e. The standard InChI is InChI=1S/C10H11FO/c1-8(10(11)7-12)9-5-3-2-4-6-9/h2-6,10,12H,1,7H2/t10-/m1/s1/i1D2. The first-order valence-corrected chi connectivity index (χ1v) is 3.64. The molecule has 0 aromatic heterocycles. The van der Waals surface area contributed by atoms with Crippen molar-refractivity contribution in [2.75, 3.05) is 6.61 Å². The maximum Gasteiger partial charge on any atom is 0.148 e. The van der Waals surface area contributed by atoms with Gasteiger partial charge in [-0.05, 0) is 11.1 Å². The molecule has 0 bridgehead atoms. The molecule has 64 valence electrons. The number of hydrogen-bond acceptors (Lipinski definition) is 1. The van der Waals surface area contributed by atoms with E-state index in [1.54, 1.807) is 30.3 Å². The summed E-state index contributed by atoms with van der Waals surface area (Å²) >= 11 is 0. The molecule has 0 saturated carbocycles. The smallest absolute Gasteiger partial charge is 0.148 e. The van der Waals surface area contributed by atoms with Gasteiger partial charge in [0, 0.05) is 0 Å². The highest BCUT2D eigenvalue weighted by atomic mass is 19.1. The first-order valence-electron chi connectivity index (χ1n) is 4.64. The van der Waals surface area contributed by atoms with Crippen molar-refractivity contribution in [3.63, 3.8) is 0 Å². The second-order valence-electron chi connectivity index (χ2n) is 2.43. The molecule has 0 spiro atoms. The highest BCUT2D eigenvalue weighted by Crippen LogP contribution is 2.17. The van der Waals surface area contributed by atoms with Gasteiger partial charge < -0.3 is 5.11 Å². The number of rotatable bonds is 3. The van der Waals surface area contributed by atoms with Crippen LogP contribution in [0, 0.1) is 0 Å². The van der Waals surface area contributed by atoms with Crippen molar-refractivity contribution in [1.82, 2.24) is 0 Å². The van der Waals surface area contributed by atoms with Gasteiger partial charge >= 0.3 is 0 Å². The molecule has 0 aliphatic carbocycles. The van der Waals surface area contributed by atoms with E-state index in [4.69, 9.17) is 7.85 Å². The van der Waals surface area contributed by atoms with Gasteiger partial charge in [0.25, 0.3) is 0 Å². The molecule has 0 aliphatic rings. The van der Waals surface area contributed by atoms with Crippen LogP contribution >= 0.6 is 0 Å². The average Bonchev–Trinajstić information content (AvgIpc) is 2.19. The Kier molecular flexibility index (Phi) is 2.14. The van der Waals surface area contributed by atoms with Crippen LogP contribution < -0.4 is 0 Å². The fourth-order valence-electron chi connectivity index (χ4n) is 0.890. The first-order chi connectivity index (χ1) is 6.66. The van der Waals surface area contributed by atoms with E-state index in [-0.39, 0.29) is 5.57 Å². The predicted octanol–water partition coefficient (Wildman–Crippen LogP) is 2.03. The highest BCUT2D eigenvalue weighted by Gasteiger charge is 2.10. The second kappa shape index (κ2) is 4.02. The Balaban J connectivity index is 3.09. The van der Waals surface area contributed by atoms with Crippen LogP contribution in [0.25, 0.3) is 5.57 Å². The summed E-state index contributed by atoms with van der Waals surface area (Å²) < 4.78 is 27.4. The average molecular weight is 168 g/mol. The fourth-order valence-corrected chi connectivity index (χ4v) is 0.890.